The monoisotopic (exact) mass is 465 g/mol. The Morgan fingerprint density at radius 2 is 1.68 bits per heavy atom. The van der Waals surface area contributed by atoms with Crippen LogP contribution in [0.15, 0.2) is 42.5 Å². The summed E-state index contributed by atoms with van der Waals surface area (Å²) in [6.45, 7) is 5.12. The summed E-state index contributed by atoms with van der Waals surface area (Å²) in [5.41, 5.74) is 3.10. The first kappa shape index (κ1) is 24.7. The summed E-state index contributed by atoms with van der Waals surface area (Å²) in [6.07, 6.45) is 1.06. The van der Waals surface area contributed by atoms with Gasteiger partial charge in [0.2, 0.25) is 21.8 Å². The zero-order valence-corrected chi connectivity index (χ0v) is 19.9. The molecule has 1 atom stereocenters. The lowest BCUT2D eigenvalue weighted by atomic mass is 10.1. The number of aryl methyl sites for hydroxylation is 2. The smallest absolute Gasteiger partial charge is 0.244 e. The van der Waals surface area contributed by atoms with Crippen molar-refractivity contribution in [1.29, 1.82) is 0 Å². The first-order valence-electron chi connectivity index (χ1n) is 9.74. The maximum atomic E-state index is 13.3. The minimum absolute atomic E-state index is 0.134. The average Bonchev–Trinajstić information content (AvgIpc) is 2.71. The average molecular weight is 466 g/mol. The van der Waals surface area contributed by atoms with E-state index in [0.29, 0.717) is 10.7 Å². The van der Waals surface area contributed by atoms with Crippen molar-refractivity contribution in [2.24, 2.45) is 0 Å². The Balaban J connectivity index is 2.39. The van der Waals surface area contributed by atoms with Gasteiger partial charge in [-0.1, -0.05) is 29.8 Å². The molecule has 31 heavy (non-hydrogen) atoms. The zero-order chi connectivity index (χ0) is 23.3. The number of benzene rings is 2. The lowest BCUT2D eigenvalue weighted by Crippen LogP contribution is -2.50. The molecule has 7 nitrogen and oxygen atoms in total. The maximum absolute atomic E-state index is 13.3. The van der Waals surface area contributed by atoms with Crippen LogP contribution in [0.1, 0.15) is 23.6 Å². The Bertz CT molecular complexity index is 1050. The number of sulfonamides is 1. The molecule has 0 spiro atoms. The van der Waals surface area contributed by atoms with Crippen LogP contribution >= 0.6 is 11.6 Å². The van der Waals surface area contributed by atoms with E-state index in [1.54, 1.807) is 43.3 Å². The van der Waals surface area contributed by atoms with Crippen molar-refractivity contribution in [2.75, 3.05) is 24.2 Å². The lowest BCUT2D eigenvalue weighted by molar-refractivity contribution is -0.139. The van der Waals surface area contributed by atoms with Crippen molar-refractivity contribution < 1.29 is 18.0 Å². The highest BCUT2D eigenvalue weighted by Gasteiger charge is 2.29. The summed E-state index contributed by atoms with van der Waals surface area (Å²) >= 11 is 5.94. The van der Waals surface area contributed by atoms with Crippen LogP contribution in [0.25, 0.3) is 0 Å². The SMILES string of the molecule is CNC(=O)C(C)N(Cc1ccc(Cl)cc1)C(=O)CN(c1ccc(C)c(C)c1)S(C)(=O)=O. The van der Waals surface area contributed by atoms with E-state index in [0.717, 1.165) is 27.3 Å². The Hall–Kier alpha value is -2.58. The van der Waals surface area contributed by atoms with Crippen LogP contribution in [0, 0.1) is 13.8 Å². The van der Waals surface area contributed by atoms with Crippen LogP contribution in [0.4, 0.5) is 5.69 Å². The number of carbonyl (C=O) groups excluding carboxylic acids is 2. The Morgan fingerprint density at radius 1 is 1.06 bits per heavy atom. The highest BCUT2D eigenvalue weighted by atomic mass is 35.5. The van der Waals surface area contributed by atoms with Gasteiger partial charge in [0.15, 0.2) is 0 Å². The molecule has 2 aromatic carbocycles. The third-order valence-corrected chi connectivity index (χ3v) is 6.53. The van der Waals surface area contributed by atoms with Gasteiger partial charge in [-0.3, -0.25) is 13.9 Å². The van der Waals surface area contributed by atoms with Crippen molar-refractivity contribution in [3.05, 3.63) is 64.2 Å². The summed E-state index contributed by atoms with van der Waals surface area (Å²) in [5, 5.41) is 3.09. The zero-order valence-electron chi connectivity index (χ0n) is 18.3. The van der Waals surface area contributed by atoms with E-state index < -0.39 is 28.5 Å². The van der Waals surface area contributed by atoms with Gasteiger partial charge in [-0.05, 0) is 61.7 Å². The molecule has 0 aliphatic heterocycles. The number of likely N-dealkylation sites (N-methyl/N-ethyl adjacent to an activating group) is 1. The van der Waals surface area contributed by atoms with Gasteiger partial charge in [0, 0.05) is 18.6 Å². The van der Waals surface area contributed by atoms with E-state index >= 15 is 0 Å². The van der Waals surface area contributed by atoms with E-state index in [1.807, 2.05) is 19.9 Å². The van der Waals surface area contributed by atoms with Gasteiger partial charge in [0.05, 0.1) is 11.9 Å². The van der Waals surface area contributed by atoms with Gasteiger partial charge in [-0.25, -0.2) is 8.42 Å². The highest BCUT2D eigenvalue weighted by Crippen LogP contribution is 2.22. The molecule has 2 aromatic rings. The molecule has 0 saturated heterocycles. The number of rotatable bonds is 8. The molecule has 0 radical (unpaired) electrons. The molecule has 0 saturated carbocycles. The third-order valence-electron chi connectivity index (χ3n) is 5.14. The van der Waals surface area contributed by atoms with Crippen LogP contribution in [0.3, 0.4) is 0 Å². The predicted octanol–water partition coefficient (Wildman–Crippen LogP) is 2.89. The van der Waals surface area contributed by atoms with E-state index in [9.17, 15) is 18.0 Å². The van der Waals surface area contributed by atoms with E-state index in [1.165, 1.54) is 11.9 Å². The second-order valence-corrected chi connectivity index (χ2v) is 9.82. The molecule has 2 rings (SSSR count). The second-order valence-electron chi connectivity index (χ2n) is 7.48. The largest absolute Gasteiger partial charge is 0.357 e. The number of amides is 2. The lowest BCUT2D eigenvalue weighted by Gasteiger charge is -2.31. The molecular formula is C22H28ClN3O4S. The van der Waals surface area contributed by atoms with Gasteiger partial charge in [0.25, 0.3) is 0 Å². The normalized spacial score (nSPS) is 12.2. The van der Waals surface area contributed by atoms with Crippen molar-refractivity contribution in [2.45, 2.75) is 33.4 Å². The fraction of sp³-hybridized carbons (Fsp3) is 0.364. The van der Waals surface area contributed by atoms with Gasteiger partial charge < -0.3 is 10.2 Å². The summed E-state index contributed by atoms with van der Waals surface area (Å²) in [5.74, 6) is -0.839. The maximum Gasteiger partial charge on any atom is 0.244 e. The van der Waals surface area contributed by atoms with Crippen molar-refractivity contribution in [3.63, 3.8) is 0 Å². The third kappa shape index (κ3) is 6.45. The van der Waals surface area contributed by atoms with Crippen molar-refractivity contribution >= 4 is 39.1 Å². The summed E-state index contributed by atoms with van der Waals surface area (Å²) in [7, 11) is -2.25. The Morgan fingerprint density at radius 3 is 2.19 bits per heavy atom. The number of halogens is 1. The Kier molecular flexibility index (Phi) is 8.08. The molecule has 2 amide bonds. The fourth-order valence-corrected chi connectivity index (χ4v) is 4.04. The van der Waals surface area contributed by atoms with Crippen LogP contribution in [0.2, 0.25) is 5.02 Å². The van der Waals surface area contributed by atoms with Crippen LogP contribution in [-0.4, -0.2) is 51.0 Å². The summed E-state index contributed by atoms with van der Waals surface area (Å²) < 4.78 is 26.1. The minimum atomic E-state index is -3.74. The molecule has 1 unspecified atom stereocenters. The first-order chi connectivity index (χ1) is 14.4. The second kappa shape index (κ2) is 10.2. The highest BCUT2D eigenvalue weighted by molar-refractivity contribution is 7.92. The number of anilines is 1. The molecule has 0 fully saturated rings. The number of nitrogens with one attached hydrogen (secondary N) is 1. The number of hydrogen-bond acceptors (Lipinski definition) is 4. The van der Waals surface area contributed by atoms with Crippen LogP contribution in [0.5, 0.6) is 0 Å². The quantitative estimate of drug-likeness (QED) is 0.649. The molecule has 0 heterocycles. The topological polar surface area (TPSA) is 86.8 Å². The van der Waals surface area contributed by atoms with Crippen LogP contribution < -0.4 is 9.62 Å². The van der Waals surface area contributed by atoms with Gasteiger partial charge in [-0.2, -0.15) is 0 Å². The van der Waals surface area contributed by atoms with E-state index in [-0.39, 0.29) is 12.5 Å². The van der Waals surface area contributed by atoms with Crippen molar-refractivity contribution in [3.8, 4) is 0 Å². The van der Waals surface area contributed by atoms with E-state index in [4.69, 9.17) is 11.6 Å². The molecule has 0 aliphatic carbocycles. The molecule has 1 N–H and O–H groups in total. The van der Waals surface area contributed by atoms with Gasteiger partial charge >= 0.3 is 0 Å². The van der Waals surface area contributed by atoms with Gasteiger partial charge in [-0.15, -0.1) is 0 Å². The minimum Gasteiger partial charge on any atom is -0.357 e. The molecule has 0 aliphatic rings. The molecule has 0 bridgehead atoms. The fourth-order valence-electron chi connectivity index (χ4n) is 3.07. The van der Waals surface area contributed by atoms with Crippen LogP contribution in [-0.2, 0) is 26.2 Å². The number of carbonyl (C=O) groups is 2. The summed E-state index contributed by atoms with van der Waals surface area (Å²) in [6, 6.07) is 11.3. The molecule has 168 valence electrons. The molecule has 0 aromatic heterocycles. The number of nitrogens with zero attached hydrogens (tertiary/aromatic N) is 2. The molecule has 9 heteroatoms. The van der Waals surface area contributed by atoms with Crippen molar-refractivity contribution in [1.82, 2.24) is 10.2 Å². The van der Waals surface area contributed by atoms with Gasteiger partial charge in [0.1, 0.15) is 12.6 Å². The first-order valence-corrected chi connectivity index (χ1v) is 12.0. The Labute approximate surface area is 189 Å². The molecular weight excluding hydrogens is 438 g/mol. The standard InChI is InChI=1S/C22H28ClN3O4S/c1-15-6-11-20(12-16(15)2)26(31(5,29)30)14-21(27)25(17(3)22(28)24-4)13-18-7-9-19(23)10-8-18/h6-12,17H,13-14H2,1-5H3,(H,24,28). The van der Waals surface area contributed by atoms with E-state index in [2.05, 4.69) is 5.32 Å². The number of hydrogen-bond donors (Lipinski definition) is 1. The predicted molar refractivity (Wildman–Crippen MR) is 124 cm³/mol. The summed E-state index contributed by atoms with van der Waals surface area (Å²) in [4.78, 5) is 26.9.